The Bertz CT molecular complexity index is 920. The van der Waals surface area contributed by atoms with Crippen LogP contribution in [0.4, 0.5) is 11.4 Å². The largest absolute Gasteiger partial charge is 0.478 e. The minimum Gasteiger partial charge on any atom is -0.478 e. The monoisotopic (exact) mass is 375 g/mol. The summed E-state index contributed by atoms with van der Waals surface area (Å²) in [6, 6.07) is 20.1. The van der Waals surface area contributed by atoms with Crippen LogP contribution in [0.1, 0.15) is 22.0 Å². The first kappa shape index (κ1) is 18.8. The van der Waals surface area contributed by atoms with Crippen LogP contribution in [0.5, 0.6) is 0 Å². The van der Waals surface area contributed by atoms with Crippen LogP contribution in [0.2, 0.25) is 0 Å². The summed E-state index contributed by atoms with van der Waals surface area (Å²) in [6.07, 6.45) is 1.12. The third-order valence-electron chi connectivity index (χ3n) is 3.94. The third-order valence-corrected chi connectivity index (χ3v) is 3.94. The van der Waals surface area contributed by atoms with Gasteiger partial charge in [-0.3, -0.25) is 14.6 Å². The minimum absolute atomic E-state index is 0.0329. The van der Waals surface area contributed by atoms with Crippen molar-refractivity contribution >= 4 is 29.2 Å². The van der Waals surface area contributed by atoms with E-state index in [-0.39, 0.29) is 11.3 Å². The topological polar surface area (TPSA) is 108 Å². The van der Waals surface area contributed by atoms with Gasteiger partial charge in [0.25, 0.3) is 0 Å². The molecule has 0 aliphatic heterocycles. The van der Waals surface area contributed by atoms with Crippen molar-refractivity contribution in [3.63, 3.8) is 0 Å². The maximum absolute atomic E-state index is 12.8. The van der Waals surface area contributed by atoms with Crippen molar-refractivity contribution in [3.8, 4) is 0 Å². The number of aromatic nitrogens is 1. The van der Waals surface area contributed by atoms with Gasteiger partial charge in [0.2, 0.25) is 11.8 Å². The van der Waals surface area contributed by atoms with E-state index in [1.165, 1.54) is 12.1 Å². The number of aromatic carboxylic acids is 1. The molecule has 2 amide bonds. The Kier molecular flexibility index (Phi) is 5.76. The second kappa shape index (κ2) is 8.59. The third kappa shape index (κ3) is 4.59. The Morgan fingerprint density at radius 2 is 1.25 bits per heavy atom. The SMILES string of the molecule is O=C(O)c1ccc(C(C(=O)Nc2ccccc2)C(=O)Nc2ccccc2)nc1. The van der Waals surface area contributed by atoms with E-state index in [0.29, 0.717) is 11.4 Å². The molecule has 0 spiro atoms. The van der Waals surface area contributed by atoms with Gasteiger partial charge in [-0.25, -0.2) is 4.79 Å². The second-order valence-electron chi connectivity index (χ2n) is 5.92. The average molecular weight is 375 g/mol. The number of para-hydroxylation sites is 2. The molecule has 0 unspecified atom stereocenters. The van der Waals surface area contributed by atoms with Crippen LogP contribution in [-0.4, -0.2) is 27.9 Å². The Hall–Kier alpha value is -4.00. The summed E-state index contributed by atoms with van der Waals surface area (Å²) in [7, 11) is 0. The zero-order chi connectivity index (χ0) is 19.9. The van der Waals surface area contributed by atoms with Crippen LogP contribution in [0, 0.1) is 0 Å². The summed E-state index contributed by atoms with van der Waals surface area (Å²) in [4.78, 5) is 40.7. The number of amides is 2. The second-order valence-corrected chi connectivity index (χ2v) is 5.92. The Morgan fingerprint density at radius 3 is 1.64 bits per heavy atom. The summed E-state index contributed by atoms with van der Waals surface area (Å²) in [6.45, 7) is 0. The number of carbonyl (C=O) groups excluding carboxylic acids is 2. The van der Waals surface area contributed by atoms with Crippen molar-refractivity contribution in [2.75, 3.05) is 10.6 Å². The number of pyridine rings is 1. The smallest absolute Gasteiger partial charge is 0.337 e. The van der Waals surface area contributed by atoms with E-state index in [1.807, 2.05) is 0 Å². The maximum Gasteiger partial charge on any atom is 0.337 e. The molecule has 0 radical (unpaired) electrons. The molecular weight excluding hydrogens is 358 g/mol. The zero-order valence-electron chi connectivity index (χ0n) is 14.7. The van der Waals surface area contributed by atoms with Gasteiger partial charge in [0, 0.05) is 17.6 Å². The first-order chi connectivity index (χ1) is 13.5. The van der Waals surface area contributed by atoms with Gasteiger partial charge in [-0.2, -0.15) is 0 Å². The van der Waals surface area contributed by atoms with Gasteiger partial charge >= 0.3 is 5.97 Å². The van der Waals surface area contributed by atoms with Crippen molar-refractivity contribution < 1.29 is 19.5 Å². The molecular formula is C21H17N3O4. The van der Waals surface area contributed by atoms with E-state index < -0.39 is 23.7 Å². The molecule has 0 atom stereocenters. The normalized spacial score (nSPS) is 10.3. The van der Waals surface area contributed by atoms with Gasteiger partial charge in [-0.05, 0) is 36.4 Å². The predicted octanol–water partition coefficient (Wildman–Crippen LogP) is 3.14. The van der Waals surface area contributed by atoms with Crippen molar-refractivity contribution in [1.29, 1.82) is 0 Å². The molecule has 0 saturated carbocycles. The fourth-order valence-electron chi connectivity index (χ4n) is 2.56. The van der Waals surface area contributed by atoms with Crippen molar-refractivity contribution in [2.24, 2.45) is 0 Å². The van der Waals surface area contributed by atoms with E-state index in [4.69, 9.17) is 5.11 Å². The Balaban J connectivity index is 1.89. The van der Waals surface area contributed by atoms with Crippen LogP contribution < -0.4 is 10.6 Å². The molecule has 2 aromatic carbocycles. The van der Waals surface area contributed by atoms with Gasteiger partial charge in [-0.15, -0.1) is 0 Å². The lowest BCUT2D eigenvalue weighted by atomic mass is 10.0. The number of hydrogen-bond acceptors (Lipinski definition) is 4. The number of carboxylic acids is 1. The number of benzene rings is 2. The van der Waals surface area contributed by atoms with Crippen LogP contribution in [0.25, 0.3) is 0 Å². The van der Waals surface area contributed by atoms with Gasteiger partial charge in [0.15, 0.2) is 5.92 Å². The van der Waals surface area contributed by atoms with Crippen LogP contribution in [-0.2, 0) is 9.59 Å². The van der Waals surface area contributed by atoms with E-state index in [2.05, 4.69) is 15.6 Å². The van der Waals surface area contributed by atoms with Crippen LogP contribution in [0.15, 0.2) is 79.0 Å². The summed E-state index contributed by atoms with van der Waals surface area (Å²) >= 11 is 0. The molecule has 0 aliphatic carbocycles. The molecule has 3 rings (SSSR count). The average Bonchev–Trinajstić information content (AvgIpc) is 2.70. The highest BCUT2D eigenvalue weighted by Crippen LogP contribution is 2.20. The molecule has 7 nitrogen and oxygen atoms in total. The molecule has 0 aliphatic rings. The first-order valence-electron chi connectivity index (χ1n) is 8.45. The molecule has 0 fully saturated rings. The molecule has 3 aromatic rings. The lowest BCUT2D eigenvalue weighted by Crippen LogP contribution is -2.32. The lowest BCUT2D eigenvalue weighted by molar-refractivity contribution is -0.126. The fraction of sp³-hybridized carbons (Fsp3) is 0.0476. The highest BCUT2D eigenvalue weighted by Gasteiger charge is 2.30. The summed E-state index contributed by atoms with van der Waals surface area (Å²) in [5.41, 5.74) is 1.18. The number of nitrogens with one attached hydrogen (secondary N) is 2. The van der Waals surface area contributed by atoms with Crippen molar-refractivity contribution in [1.82, 2.24) is 4.98 Å². The summed E-state index contributed by atoms with van der Waals surface area (Å²) < 4.78 is 0. The lowest BCUT2D eigenvalue weighted by Gasteiger charge is -2.16. The standard InChI is InChI=1S/C21H17N3O4/c25-19(23-15-7-3-1-4-8-15)18(17-12-11-14(13-22-17)21(27)28)20(26)24-16-9-5-2-6-10-16/h1-13,18H,(H,23,25)(H,24,26)(H,27,28). The molecule has 140 valence electrons. The molecule has 3 N–H and O–H groups in total. The molecule has 0 bridgehead atoms. The van der Waals surface area contributed by atoms with E-state index >= 15 is 0 Å². The van der Waals surface area contributed by atoms with E-state index in [9.17, 15) is 14.4 Å². The van der Waals surface area contributed by atoms with Gasteiger partial charge in [-0.1, -0.05) is 36.4 Å². The fourth-order valence-corrected chi connectivity index (χ4v) is 2.56. The molecule has 1 aromatic heterocycles. The summed E-state index contributed by atoms with van der Waals surface area (Å²) in [5.74, 6) is -3.55. The van der Waals surface area contributed by atoms with Gasteiger partial charge in [0.1, 0.15) is 0 Å². The highest BCUT2D eigenvalue weighted by atomic mass is 16.4. The van der Waals surface area contributed by atoms with E-state index in [0.717, 1.165) is 6.20 Å². The number of carbonyl (C=O) groups is 3. The highest BCUT2D eigenvalue weighted by molar-refractivity contribution is 6.14. The molecule has 1 heterocycles. The Morgan fingerprint density at radius 1 is 0.750 bits per heavy atom. The first-order valence-corrected chi connectivity index (χ1v) is 8.45. The number of rotatable bonds is 6. The van der Waals surface area contributed by atoms with Crippen molar-refractivity contribution in [3.05, 3.63) is 90.3 Å². The number of carboxylic acid groups (broad SMARTS) is 1. The van der Waals surface area contributed by atoms with Crippen molar-refractivity contribution in [2.45, 2.75) is 5.92 Å². The molecule has 0 saturated heterocycles. The zero-order valence-corrected chi connectivity index (χ0v) is 14.7. The van der Waals surface area contributed by atoms with E-state index in [1.54, 1.807) is 60.7 Å². The number of hydrogen-bond donors (Lipinski definition) is 3. The Labute approximate surface area is 161 Å². The number of anilines is 2. The molecule has 28 heavy (non-hydrogen) atoms. The maximum atomic E-state index is 12.8. The van der Waals surface area contributed by atoms with Crippen LogP contribution >= 0.6 is 0 Å². The number of nitrogens with zero attached hydrogens (tertiary/aromatic N) is 1. The van der Waals surface area contributed by atoms with Crippen LogP contribution in [0.3, 0.4) is 0 Å². The quantitative estimate of drug-likeness (QED) is 0.574. The predicted molar refractivity (Wildman–Crippen MR) is 104 cm³/mol. The van der Waals surface area contributed by atoms with Gasteiger partial charge < -0.3 is 15.7 Å². The van der Waals surface area contributed by atoms with Gasteiger partial charge in [0.05, 0.1) is 11.3 Å². The summed E-state index contributed by atoms with van der Waals surface area (Å²) in [5, 5.41) is 14.4. The minimum atomic E-state index is -1.26. The molecule has 7 heteroatoms.